The van der Waals surface area contributed by atoms with Crippen LogP contribution in [0.25, 0.3) is 0 Å². The van der Waals surface area contributed by atoms with Gasteiger partial charge in [-0.2, -0.15) is 0 Å². The number of carbonyl (C=O) groups is 1. The molecule has 1 unspecified atom stereocenters. The SMILES string of the molecule is CCOCCN(CCOCC)C(=O)C(C)Cl. The summed E-state index contributed by atoms with van der Waals surface area (Å²) in [6.07, 6.45) is 0. The molecule has 0 aliphatic rings. The third kappa shape index (κ3) is 7.04. The summed E-state index contributed by atoms with van der Waals surface area (Å²) in [7, 11) is 0. The molecule has 0 saturated carbocycles. The Hall–Kier alpha value is -0.320. The molecule has 0 radical (unpaired) electrons. The molecule has 0 aliphatic carbocycles. The van der Waals surface area contributed by atoms with Gasteiger partial charge >= 0.3 is 0 Å². The van der Waals surface area contributed by atoms with Crippen molar-refractivity contribution in [2.24, 2.45) is 0 Å². The van der Waals surface area contributed by atoms with Gasteiger partial charge in [0, 0.05) is 26.3 Å². The molecule has 0 aromatic heterocycles. The first-order valence-corrected chi connectivity index (χ1v) is 6.15. The van der Waals surface area contributed by atoms with Gasteiger partial charge in [0.25, 0.3) is 0 Å². The van der Waals surface area contributed by atoms with E-state index in [9.17, 15) is 4.79 Å². The summed E-state index contributed by atoms with van der Waals surface area (Å²) >= 11 is 5.78. The molecule has 0 aromatic carbocycles. The number of hydrogen-bond donors (Lipinski definition) is 0. The Labute approximate surface area is 103 Å². The minimum Gasteiger partial charge on any atom is -0.380 e. The first-order chi connectivity index (χ1) is 7.63. The van der Waals surface area contributed by atoms with Gasteiger partial charge in [-0.15, -0.1) is 11.6 Å². The zero-order chi connectivity index (χ0) is 12.4. The first kappa shape index (κ1) is 15.7. The highest BCUT2D eigenvalue weighted by Crippen LogP contribution is 2.01. The van der Waals surface area contributed by atoms with Crippen LogP contribution in [0.5, 0.6) is 0 Å². The zero-order valence-corrected chi connectivity index (χ0v) is 11.1. The summed E-state index contributed by atoms with van der Waals surface area (Å²) in [5, 5.41) is -0.497. The number of rotatable bonds is 9. The Kier molecular flexibility index (Phi) is 9.68. The standard InChI is InChI=1S/C11H22ClNO3/c1-4-15-8-6-13(7-9-16-5-2)11(14)10(3)12/h10H,4-9H2,1-3H3. The summed E-state index contributed by atoms with van der Waals surface area (Å²) in [5.74, 6) is -0.0685. The molecule has 0 rings (SSSR count). The molecule has 0 saturated heterocycles. The van der Waals surface area contributed by atoms with Crippen molar-refractivity contribution >= 4 is 17.5 Å². The fourth-order valence-corrected chi connectivity index (χ4v) is 1.36. The topological polar surface area (TPSA) is 38.8 Å². The number of hydrogen-bond acceptors (Lipinski definition) is 3. The van der Waals surface area contributed by atoms with Crippen molar-refractivity contribution < 1.29 is 14.3 Å². The van der Waals surface area contributed by atoms with Gasteiger partial charge in [-0.1, -0.05) is 0 Å². The van der Waals surface area contributed by atoms with Gasteiger partial charge in [0.15, 0.2) is 0 Å². The van der Waals surface area contributed by atoms with E-state index in [1.807, 2.05) is 13.8 Å². The van der Waals surface area contributed by atoms with Crippen molar-refractivity contribution in [3.05, 3.63) is 0 Å². The summed E-state index contributed by atoms with van der Waals surface area (Å²) in [6.45, 7) is 9.06. The van der Waals surface area contributed by atoms with Gasteiger partial charge in [-0.05, 0) is 20.8 Å². The Morgan fingerprint density at radius 3 is 1.94 bits per heavy atom. The Balaban J connectivity index is 4.00. The highest BCUT2D eigenvalue weighted by atomic mass is 35.5. The third-order valence-corrected chi connectivity index (χ3v) is 2.26. The maximum Gasteiger partial charge on any atom is 0.240 e. The molecule has 5 heteroatoms. The number of amides is 1. The second-order valence-corrected chi connectivity index (χ2v) is 3.99. The quantitative estimate of drug-likeness (QED) is 0.461. The van der Waals surface area contributed by atoms with E-state index in [0.29, 0.717) is 39.5 Å². The van der Waals surface area contributed by atoms with Crippen molar-refractivity contribution in [2.75, 3.05) is 39.5 Å². The largest absolute Gasteiger partial charge is 0.380 e. The monoisotopic (exact) mass is 251 g/mol. The Morgan fingerprint density at radius 2 is 1.62 bits per heavy atom. The van der Waals surface area contributed by atoms with E-state index >= 15 is 0 Å². The molecule has 0 bridgehead atoms. The number of alkyl halides is 1. The molecule has 0 spiro atoms. The molecule has 0 aliphatic heterocycles. The van der Waals surface area contributed by atoms with Gasteiger partial charge in [-0.3, -0.25) is 4.79 Å². The van der Waals surface area contributed by atoms with Gasteiger partial charge in [0.05, 0.1) is 13.2 Å². The van der Waals surface area contributed by atoms with Gasteiger partial charge in [0.2, 0.25) is 5.91 Å². The molecule has 1 amide bonds. The van der Waals surface area contributed by atoms with E-state index in [1.54, 1.807) is 11.8 Å². The second-order valence-electron chi connectivity index (χ2n) is 3.34. The fraction of sp³-hybridized carbons (Fsp3) is 0.909. The molecule has 0 N–H and O–H groups in total. The van der Waals surface area contributed by atoms with Crippen LogP contribution in [0.15, 0.2) is 0 Å². The zero-order valence-electron chi connectivity index (χ0n) is 10.4. The minimum absolute atomic E-state index is 0.0685. The number of ether oxygens (including phenoxy) is 2. The Morgan fingerprint density at radius 1 is 1.19 bits per heavy atom. The van der Waals surface area contributed by atoms with Crippen molar-refractivity contribution in [3.8, 4) is 0 Å². The highest BCUT2D eigenvalue weighted by Gasteiger charge is 2.17. The van der Waals surface area contributed by atoms with Crippen LogP contribution >= 0.6 is 11.6 Å². The van der Waals surface area contributed by atoms with Crippen molar-refractivity contribution in [2.45, 2.75) is 26.1 Å². The van der Waals surface area contributed by atoms with Crippen LogP contribution in [0, 0.1) is 0 Å². The van der Waals surface area contributed by atoms with E-state index in [-0.39, 0.29) is 5.91 Å². The predicted octanol–water partition coefficient (Wildman–Crippen LogP) is 1.52. The third-order valence-electron chi connectivity index (χ3n) is 2.07. The average molecular weight is 252 g/mol. The van der Waals surface area contributed by atoms with Gasteiger partial charge < -0.3 is 14.4 Å². The number of carbonyl (C=O) groups excluding carboxylic acids is 1. The molecule has 4 nitrogen and oxygen atoms in total. The Bertz CT molecular complexity index is 178. The van der Waals surface area contributed by atoms with Crippen LogP contribution in [-0.4, -0.2) is 55.7 Å². The molecule has 0 aromatic rings. The smallest absolute Gasteiger partial charge is 0.240 e. The maximum absolute atomic E-state index is 11.7. The molecule has 96 valence electrons. The lowest BCUT2D eigenvalue weighted by atomic mass is 10.3. The lowest BCUT2D eigenvalue weighted by molar-refractivity contribution is -0.132. The lowest BCUT2D eigenvalue weighted by Crippen LogP contribution is -2.40. The van der Waals surface area contributed by atoms with Gasteiger partial charge in [0.1, 0.15) is 5.38 Å². The highest BCUT2D eigenvalue weighted by molar-refractivity contribution is 6.30. The molecule has 0 fully saturated rings. The minimum atomic E-state index is -0.497. The van der Waals surface area contributed by atoms with Crippen molar-refractivity contribution in [3.63, 3.8) is 0 Å². The van der Waals surface area contributed by atoms with E-state index in [2.05, 4.69) is 0 Å². The second kappa shape index (κ2) is 9.87. The van der Waals surface area contributed by atoms with Crippen molar-refractivity contribution in [1.82, 2.24) is 4.90 Å². The maximum atomic E-state index is 11.7. The molecule has 0 heterocycles. The summed E-state index contributed by atoms with van der Waals surface area (Å²) in [4.78, 5) is 13.4. The molecular weight excluding hydrogens is 230 g/mol. The number of nitrogens with zero attached hydrogens (tertiary/aromatic N) is 1. The van der Waals surface area contributed by atoms with E-state index < -0.39 is 5.38 Å². The van der Waals surface area contributed by atoms with Crippen LogP contribution in [0.4, 0.5) is 0 Å². The van der Waals surface area contributed by atoms with E-state index in [4.69, 9.17) is 21.1 Å². The molecular formula is C11H22ClNO3. The van der Waals surface area contributed by atoms with Crippen LogP contribution < -0.4 is 0 Å². The average Bonchev–Trinajstić information content (AvgIpc) is 2.26. The van der Waals surface area contributed by atoms with Crippen LogP contribution in [-0.2, 0) is 14.3 Å². The fourth-order valence-electron chi connectivity index (χ4n) is 1.22. The summed E-state index contributed by atoms with van der Waals surface area (Å²) in [5.41, 5.74) is 0. The van der Waals surface area contributed by atoms with Gasteiger partial charge in [-0.25, -0.2) is 0 Å². The van der Waals surface area contributed by atoms with Crippen molar-refractivity contribution in [1.29, 1.82) is 0 Å². The van der Waals surface area contributed by atoms with Crippen LogP contribution in [0.2, 0.25) is 0 Å². The lowest BCUT2D eigenvalue weighted by Gasteiger charge is -2.23. The van der Waals surface area contributed by atoms with Crippen LogP contribution in [0.1, 0.15) is 20.8 Å². The van der Waals surface area contributed by atoms with E-state index in [0.717, 1.165) is 0 Å². The van der Waals surface area contributed by atoms with Crippen LogP contribution in [0.3, 0.4) is 0 Å². The molecule has 1 atom stereocenters. The van der Waals surface area contributed by atoms with E-state index in [1.165, 1.54) is 0 Å². The predicted molar refractivity (Wildman–Crippen MR) is 64.9 cm³/mol. The normalized spacial score (nSPS) is 12.5. The summed E-state index contributed by atoms with van der Waals surface area (Å²) in [6, 6.07) is 0. The number of halogens is 1. The molecule has 16 heavy (non-hydrogen) atoms. The first-order valence-electron chi connectivity index (χ1n) is 5.71. The summed E-state index contributed by atoms with van der Waals surface area (Å²) < 4.78 is 10.4.